The Morgan fingerprint density at radius 1 is 1.12 bits per heavy atom. The fourth-order valence-electron chi connectivity index (χ4n) is 4.73. The standard InChI is InChI=1S/C26H32N6O/c1-27-12-15-30(2)26(33)32-24-9-5-4-8-21(24)25(29-32)23-17-20-16-19(10-11-22(20)28-23)18-31-13-6-3-7-14-31/h4-5,8-11,16-17,27-28H,3,6-7,12-15,18H2,1-2H3. The van der Waals surface area contributed by atoms with Crippen LogP contribution in [0, 0.1) is 0 Å². The average molecular weight is 445 g/mol. The number of hydrogen-bond donors (Lipinski definition) is 2. The summed E-state index contributed by atoms with van der Waals surface area (Å²) in [5.74, 6) is 0. The number of carbonyl (C=O) groups excluding carboxylic acids is 1. The summed E-state index contributed by atoms with van der Waals surface area (Å²) in [6.07, 6.45) is 3.95. The molecule has 2 aromatic heterocycles. The van der Waals surface area contributed by atoms with Gasteiger partial charge in [0.2, 0.25) is 0 Å². The molecule has 4 aromatic rings. The molecule has 1 fully saturated rings. The van der Waals surface area contributed by atoms with Crippen molar-refractivity contribution in [1.29, 1.82) is 0 Å². The highest BCUT2D eigenvalue weighted by molar-refractivity contribution is 6.00. The lowest BCUT2D eigenvalue weighted by molar-refractivity contribution is 0.209. The van der Waals surface area contributed by atoms with Crippen molar-refractivity contribution in [1.82, 2.24) is 29.9 Å². The van der Waals surface area contributed by atoms with Crippen LogP contribution in [-0.4, -0.2) is 70.9 Å². The number of likely N-dealkylation sites (N-methyl/N-ethyl adjacent to an activating group) is 2. The summed E-state index contributed by atoms with van der Waals surface area (Å²) in [7, 11) is 3.69. The summed E-state index contributed by atoms with van der Waals surface area (Å²) in [5, 5.41) is 9.99. The maximum atomic E-state index is 13.1. The molecular formula is C26H32N6O. The number of para-hydroxylation sites is 1. The first-order valence-corrected chi connectivity index (χ1v) is 11.9. The Labute approximate surface area is 194 Å². The molecule has 0 radical (unpaired) electrons. The first kappa shape index (κ1) is 21.7. The van der Waals surface area contributed by atoms with Gasteiger partial charge in [0, 0.05) is 43.0 Å². The molecule has 172 valence electrons. The Kier molecular flexibility index (Phi) is 6.15. The van der Waals surface area contributed by atoms with E-state index in [1.54, 1.807) is 4.90 Å². The van der Waals surface area contributed by atoms with E-state index in [-0.39, 0.29) is 6.03 Å². The molecule has 0 saturated carbocycles. The number of rotatable bonds is 6. The number of hydrogen-bond acceptors (Lipinski definition) is 4. The third kappa shape index (κ3) is 4.38. The summed E-state index contributed by atoms with van der Waals surface area (Å²) in [6, 6.07) is 16.6. The second-order valence-corrected chi connectivity index (χ2v) is 9.03. The van der Waals surface area contributed by atoms with Crippen molar-refractivity contribution in [2.24, 2.45) is 0 Å². The van der Waals surface area contributed by atoms with Crippen molar-refractivity contribution in [3.63, 3.8) is 0 Å². The molecule has 7 nitrogen and oxygen atoms in total. The van der Waals surface area contributed by atoms with E-state index in [2.05, 4.69) is 39.5 Å². The van der Waals surface area contributed by atoms with E-state index in [0.717, 1.165) is 40.9 Å². The van der Waals surface area contributed by atoms with E-state index < -0.39 is 0 Å². The third-order valence-corrected chi connectivity index (χ3v) is 6.59. The van der Waals surface area contributed by atoms with Gasteiger partial charge in [0.15, 0.2) is 0 Å². The molecule has 5 rings (SSSR count). The van der Waals surface area contributed by atoms with Crippen LogP contribution in [0.25, 0.3) is 33.2 Å². The Morgan fingerprint density at radius 3 is 2.76 bits per heavy atom. The number of carbonyl (C=O) groups is 1. The van der Waals surface area contributed by atoms with Gasteiger partial charge in [-0.05, 0) is 62.8 Å². The predicted molar refractivity (Wildman–Crippen MR) is 134 cm³/mol. The molecule has 1 saturated heterocycles. The minimum absolute atomic E-state index is 0.132. The molecule has 1 amide bonds. The van der Waals surface area contributed by atoms with Crippen molar-refractivity contribution in [2.45, 2.75) is 25.8 Å². The molecule has 33 heavy (non-hydrogen) atoms. The maximum Gasteiger partial charge on any atom is 0.345 e. The zero-order valence-corrected chi connectivity index (χ0v) is 19.5. The number of aromatic amines is 1. The van der Waals surface area contributed by atoms with Crippen molar-refractivity contribution in [2.75, 3.05) is 40.3 Å². The van der Waals surface area contributed by atoms with E-state index in [4.69, 9.17) is 5.10 Å². The van der Waals surface area contributed by atoms with Crippen molar-refractivity contribution >= 4 is 27.8 Å². The first-order valence-electron chi connectivity index (χ1n) is 11.9. The van der Waals surface area contributed by atoms with E-state index in [1.165, 1.54) is 48.0 Å². The number of aromatic nitrogens is 3. The molecule has 1 aliphatic heterocycles. The van der Waals surface area contributed by atoms with Gasteiger partial charge in [-0.3, -0.25) is 4.90 Å². The molecule has 2 aromatic carbocycles. The molecule has 1 aliphatic rings. The number of H-pyrrole nitrogens is 1. The number of amides is 1. The fourth-order valence-corrected chi connectivity index (χ4v) is 4.73. The van der Waals surface area contributed by atoms with Crippen molar-refractivity contribution in [3.05, 3.63) is 54.1 Å². The van der Waals surface area contributed by atoms with Gasteiger partial charge in [0.25, 0.3) is 0 Å². The van der Waals surface area contributed by atoms with Crippen LogP contribution < -0.4 is 5.32 Å². The molecule has 0 spiro atoms. The van der Waals surface area contributed by atoms with Gasteiger partial charge in [-0.1, -0.05) is 30.7 Å². The predicted octanol–water partition coefficient (Wildman–Crippen LogP) is 4.29. The van der Waals surface area contributed by atoms with Crippen LogP contribution in [0.4, 0.5) is 4.79 Å². The Hall–Kier alpha value is -3.16. The van der Waals surface area contributed by atoms with Gasteiger partial charge in [-0.15, -0.1) is 0 Å². The van der Waals surface area contributed by atoms with Crippen LogP contribution in [0.3, 0.4) is 0 Å². The van der Waals surface area contributed by atoms with Gasteiger partial charge in [0.05, 0.1) is 11.2 Å². The molecule has 2 N–H and O–H groups in total. The van der Waals surface area contributed by atoms with E-state index >= 15 is 0 Å². The average Bonchev–Trinajstić information content (AvgIpc) is 3.44. The molecule has 3 heterocycles. The maximum absolute atomic E-state index is 13.1. The monoisotopic (exact) mass is 444 g/mol. The van der Waals surface area contributed by atoms with E-state index in [9.17, 15) is 4.79 Å². The quantitative estimate of drug-likeness (QED) is 0.466. The Morgan fingerprint density at radius 2 is 1.94 bits per heavy atom. The van der Waals surface area contributed by atoms with Crippen LogP contribution >= 0.6 is 0 Å². The summed E-state index contributed by atoms with van der Waals surface area (Å²) in [4.78, 5) is 20.9. The number of likely N-dealkylation sites (tertiary alicyclic amines) is 1. The van der Waals surface area contributed by atoms with Gasteiger partial charge < -0.3 is 15.2 Å². The highest BCUT2D eigenvalue weighted by Gasteiger charge is 2.20. The lowest BCUT2D eigenvalue weighted by Crippen LogP contribution is -2.36. The topological polar surface area (TPSA) is 69.2 Å². The van der Waals surface area contributed by atoms with E-state index in [1.807, 2.05) is 38.4 Å². The smallest absolute Gasteiger partial charge is 0.345 e. The van der Waals surface area contributed by atoms with Crippen molar-refractivity contribution < 1.29 is 4.79 Å². The number of piperidine rings is 1. The molecule has 0 aliphatic carbocycles. The third-order valence-electron chi connectivity index (χ3n) is 6.59. The zero-order chi connectivity index (χ0) is 22.8. The molecular weight excluding hydrogens is 412 g/mol. The number of fused-ring (bicyclic) bond motifs is 2. The fraction of sp³-hybridized carbons (Fsp3) is 0.385. The highest BCUT2D eigenvalue weighted by atomic mass is 16.2. The normalized spacial score (nSPS) is 14.8. The molecule has 0 unspecified atom stereocenters. The SMILES string of the molecule is CNCCN(C)C(=O)n1nc(-c2cc3cc(CN4CCCCC4)ccc3[nH]2)c2ccccc21. The van der Waals surface area contributed by atoms with Crippen LogP contribution in [0.1, 0.15) is 24.8 Å². The second kappa shape index (κ2) is 9.37. The number of benzene rings is 2. The van der Waals surface area contributed by atoms with Crippen LogP contribution in [0.15, 0.2) is 48.5 Å². The summed E-state index contributed by atoms with van der Waals surface area (Å²) in [5.41, 5.74) is 4.98. The second-order valence-electron chi connectivity index (χ2n) is 9.03. The molecule has 0 atom stereocenters. The van der Waals surface area contributed by atoms with Gasteiger partial charge in [0.1, 0.15) is 5.69 Å². The Balaban J connectivity index is 1.48. The minimum Gasteiger partial charge on any atom is -0.353 e. The molecule has 7 heteroatoms. The van der Waals surface area contributed by atoms with Crippen LogP contribution in [0.5, 0.6) is 0 Å². The summed E-state index contributed by atoms with van der Waals surface area (Å²) in [6.45, 7) is 4.73. The highest BCUT2D eigenvalue weighted by Crippen LogP contribution is 2.30. The van der Waals surface area contributed by atoms with Gasteiger partial charge in [-0.25, -0.2) is 4.79 Å². The summed E-state index contributed by atoms with van der Waals surface area (Å²) < 4.78 is 1.52. The summed E-state index contributed by atoms with van der Waals surface area (Å²) >= 11 is 0. The Bertz CT molecular complexity index is 1270. The minimum atomic E-state index is -0.132. The van der Waals surface area contributed by atoms with Crippen LogP contribution in [0.2, 0.25) is 0 Å². The van der Waals surface area contributed by atoms with Crippen LogP contribution in [-0.2, 0) is 6.54 Å². The number of nitrogens with zero attached hydrogens (tertiary/aromatic N) is 4. The number of nitrogens with one attached hydrogen (secondary N) is 2. The largest absolute Gasteiger partial charge is 0.353 e. The first-order chi connectivity index (χ1) is 16.1. The molecule has 0 bridgehead atoms. The van der Waals surface area contributed by atoms with Gasteiger partial charge >= 0.3 is 6.03 Å². The lowest BCUT2D eigenvalue weighted by Gasteiger charge is -2.26. The zero-order valence-electron chi connectivity index (χ0n) is 19.5. The lowest BCUT2D eigenvalue weighted by atomic mass is 10.1. The van der Waals surface area contributed by atoms with E-state index in [0.29, 0.717) is 6.54 Å². The van der Waals surface area contributed by atoms with Crippen molar-refractivity contribution in [3.8, 4) is 11.4 Å². The van der Waals surface area contributed by atoms with Gasteiger partial charge in [-0.2, -0.15) is 9.78 Å².